The fourth-order valence-corrected chi connectivity index (χ4v) is 5.76. The molecule has 192 valence electrons. The monoisotopic (exact) mass is 556 g/mol. The van der Waals surface area contributed by atoms with Gasteiger partial charge in [-0.1, -0.05) is 41.3 Å². The number of hydrogen-bond donors (Lipinski definition) is 2. The number of halogens is 1. The number of carbonyl (C=O) groups excluding carboxylic acids is 3. The Balaban J connectivity index is 1.62. The molecule has 0 aromatic heterocycles. The van der Waals surface area contributed by atoms with E-state index in [0.29, 0.717) is 42.1 Å². The normalized spacial score (nSPS) is 16.6. The first-order chi connectivity index (χ1) is 17.1. The first-order valence-electron chi connectivity index (χ1n) is 12.2. The molecule has 0 atom stereocenters. The SMILES string of the molecule is COc1cc(NC(=O)C2(N3Cc4c(Br)cc(NC(=O)CN(C)C)cc4C3=O)CCCCC2)ccc1C. The Morgan fingerprint density at radius 1 is 1.08 bits per heavy atom. The van der Waals surface area contributed by atoms with Gasteiger partial charge in [-0.25, -0.2) is 0 Å². The minimum absolute atomic E-state index is 0.161. The standard InChI is InChI=1S/C27H33BrN4O4/c1-17-8-9-18(14-23(17)36-4)30-26(35)27(10-6-5-7-11-27)32-15-21-20(25(32)34)12-19(13-22(21)28)29-24(33)16-31(2)3/h8-9,12-14H,5-7,10-11,15-16H2,1-4H3,(H,29,33)(H,30,35). The molecule has 2 aromatic rings. The van der Waals surface area contributed by atoms with Crippen molar-refractivity contribution in [2.75, 3.05) is 38.4 Å². The summed E-state index contributed by atoms with van der Waals surface area (Å²) in [6, 6.07) is 9.10. The molecule has 2 aromatic carbocycles. The second-order valence-electron chi connectivity index (χ2n) is 9.89. The zero-order valence-electron chi connectivity index (χ0n) is 21.2. The van der Waals surface area contributed by atoms with Gasteiger partial charge in [-0.05, 0) is 63.2 Å². The number of likely N-dealkylation sites (N-methyl/N-ethyl adjacent to an activating group) is 1. The molecule has 0 bridgehead atoms. The van der Waals surface area contributed by atoms with Crippen LogP contribution in [0, 0.1) is 6.92 Å². The van der Waals surface area contributed by atoms with Gasteiger partial charge in [-0.2, -0.15) is 0 Å². The summed E-state index contributed by atoms with van der Waals surface area (Å²) < 4.78 is 6.16. The molecule has 0 unspecified atom stereocenters. The van der Waals surface area contributed by atoms with Crippen molar-refractivity contribution < 1.29 is 19.1 Å². The molecule has 1 saturated carbocycles. The van der Waals surface area contributed by atoms with Gasteiger partial charge < -0.3 is 25.2 Å². The van der Waals surface area contributed by atoms with Crippen LogP contribution < -0.4 is 15.4 Å². The molecule has 8 nitrogen and oxygen atoms in total. The van der Waals surface area contributed by atoms with Gasteiger partial charge in [-0.3, -0.25) is 14.4 Å². The van der Waals surface area contributed by atoms with Crippen LogP contribution in [-0.2, 0) is 16.1 Å². The smallest absolute Gasteiger partial charge is 0.255 e. The van der Waals surface area contributed by atoms with Crippen molar-refractivity contribution >= 4 is 45.0 Å². The molecule has 4 rings (SSSR count). The van der Waals surface area contributed by atoms with Crippen LogP contribution in [0.4, 0.5) is 11.4 Å². The molecule has 1 aliphatic heterocycles. The highest BCUT2D eigenvalue weighted by Crippen LogP contribution is 2.42. The Morgan fingerprint density at radius 2 is 1.81 bits per heavy atom. The van der Waals surface area contributed by atoms with Crippen molar-refractivity contribution in [2.45, 2.75) is 51.1 Å². The van der Waals surface area contributed by atoms with E-state index < -0.39 is 5.54 Å². The van der Waals surface area contributed by atoms with E-state index in [0.717, 1.165) is 34.9 Å². The highest BCUT2D eigenvalue weighted by molar-refractivity contribution is 9.10. The summed E-state index contributed by atoms with van der Waals surface area (Å²) in [5.41, 5.74) is 2.58. The van der Waals surface area contributed by atoms with Crippen LogP contribution in [0.25, 0.3) is 0 Å². The largest absolute Gasteiger partial charge is 0.496 e. The van der Waals surface area contributed by atoms with Gasteiger partial charge >= 0.3 is 0 Å². The van der Waals surface area contributed by atoms with Crippen LogP contribution in [0.5, 0.6) is 5.75 Å². The number of amides is 3. The Labute approximate surface area is 220 Å². The molecule has 9 heteroatoms. The van der Waals surface area contributed by atoms with E-state index in [4.69, 9.17) is 4.74 Å². The Hall–Kier alpha value is -2.91. The van der Waals surface area contributed by atoms with Gasteiger partial charge in [0.1, 0.15) is 11.3 Å². The number of rotatable bonds is 7. The number of carbonyl (C=O) groups is 3. The fourth-order valence-electron chi connectivity index (χ4n) is 5.17. The van der Waals surface area contributed by atoms with Gasteiger partial charge in [0, 0.05) is 34.0 Å². The molecule has 0 saturated heterocycles. The number of methoxy groups -OCH3 is 1. The number of nitrogens with zero attached hydrogens (tertiary/aromatic N) is 2. The van der Waals surface area contributed by atoms with Crippen LogP contribution in [0.3, 0.4) is 0 Å². The summed E-state index contributed by atoms with van der Waals surface area (Å²) in [5, 5.41) is 5.93. The lowest BCUT2D eigenvalue weighted by molar-refractivity contribution is -0.129. The quantitative estimate of drug-likeness (QED) is 0.521. The maximum absolute atomic E-state index is 13.8. The van der Waals surface area contributed by atoms with Gasteiger partial charge in [0.2, 0.25) is 11.8 Å². The minimum atomic E-state index is -0.944. The topological polar surface area (TPSA) is 91.0 Å². The molecule has 0 radical (unpaired) electrons. The summed E-state index contributed by atoms with van der Waals surface area (Å²) in [6.07, 6.45) is 3.99. The Bertz CT molecular complexity index is 1190. The number of nitrogens with one attached hydrogen (secondary N) is 2. The molecular weight excluding hydrogens is 524 g/mol. The minimum Gasteiger partial charge on any atom is -0.496 e. The number of anilines is 2. The summed E-state index contributed by atoms with van der Waals surface area (Å²) in [5.74, 6) is 0.173. The molecular formula is C27H33BrN4O4. The zero-order valence-corrected chi connectivity index (χ0v) is 22.8. The van der Waals surface area contributed by atoms with Crippen molar-refractivity contribution in [1.29, 1.82) is 0 Å². The van der Waals surface area contributed by atoms with Gasteiger partial charge in [0.25, 0.3) is 5.91 Å². The number of hydrogen-bond acceptors (Lipinski definition) is 5. The van der Waals surface area contributed by atoms with E-state index in [2.05, 4.69) is 26.6 Å². The lowest BCUT2D eigenvalue weighted by Crippen LogP contribution is -2.58. The predicted octanol–water partition coefficient (Wildman–Crippen LogP) is 4.56. The number of benzene rings is 2. The number of ether oxygens (including phenoxy) is 1. The van der Waals surface area contributed by atoms with Crippen LogP contribution in [-0.4, -0.2) is 60.8 Å². The van der Waals surface area contributed by atoms with Crippen molar-refractivity contribution in [3.05, 3.63) is 51.5 Å². The van der Waals surface area contributed by atoms with Crippen LogP contribution in [0.15, 0.2) is 34.8 Å². The lowest BCUT2D eigenvalue weighted by atomic mass is 9.79. The maximum Gasteiger partial charge on any atom is 0.255 e. The van der Waals surface area contributed by atoms with E-state index in [1.54, 1.807) is 23.0 Å². The average molecular weight is 557 g/mol. The first kappa shape index (κ1) is 26.2. The van der Waals surface area contributed by atoms with Crippen LogP contribution >= 0.6 is 15.9 Å². The average Bonchev–Trinajstić information content (AvgIpc) is 3.17. The zero-order chi connectivity index (χ0) is 26.0. The van der Waals surface area contributed by atoms with Crippen LogP contribution in [0.1, 0.15) is 53.6 Å². The third-order valence-electron chi connectivity index (χ3n) is 7.02. The molecule has 2 N–H and O–H groups in total. The van der Waals surface area contributed by atoms with Crippen molar-refractivity contribution in [3.63, 3.8) is 0 Å². The van der Waals surface area contributed by atoms with Crippen molar-refractivity contribution in [3.8, 4) is 5.75 Å². The second-order valence-corrected chi connectivity index (χ2v) is 10.7. The van der Waals surface area contributed by atoms with Gasteiger partial charge in [0.05, 0.1) is 13.7 Å². The summed E-state index contributed by atoms with van der Waals surface area (Å²) in [7, 11) is 5.24. The maximum atomic E-state index is 13.8. The Kier molecular flexibility index (Phi) is 7.70. The third-order valence-corrected chi connectivity index (χ3v) is 7.72. The highest BCUT2D eigenvalue weighted by atomic mass is 79.9. The molecule has 3 amide bonds. The fraction of sp³-hybridized carbons (Fsp3) is 0.444. The molecule has 1 heterocycles. The molecule has 36 heavy (non-hydrogen) atoms. The second kappa shape index (κ2) is 10.6. The summed E-state index contributed by atoms with van der Waals surface area (Å²) in [6.45, 7) is 2.52. The Morgan fingerprint density at radius 3 is 2.47 bits per heavy atom. The number of aryl methyl sites for hydroxylation is 1. The van der Waals surface area contributed by atoms with Crippen molar-refractivity contribution in [1.82, 2.24) is 9.80 Å². The van der Waals surface area contributed by atoms with Gasteiger partial charge in [0.15, 0.2) is 0 Å². The molecule has 2 aliphatic rings. The van der Waals surface area contributed by atoms with E-state index in [9.17, 15) is 14.4 Å². The first-order valence-corrected chi connectivity index (χ1v) is 13.0. The summed E-state index contributed by atoms with van der Waals surface area (Å²) in [4.78, 5) is 43.4. The van der Waals surface area contributed by atoms with Crippen molar-refractivity contribution in [2.24, 2.45) is 0 Å². The summed E-state index contributed by atoms with van der Waals surface area (Å²) >= 11 is 3.59. The molecule has 0 spiro atoms. The lowest BCUT2D eigenvalue weighted by Gasteiger charge is -2.43. The van der Waals surface area contributed by atoms with E-state index in [1.807, 2.05) is 45.3 Å². The van der Waals surface area contributed by atoms with E-state index in [1.165, 1.54) is 0 Å². The highest BCUT2D eigenvalue weighted by Gasteiger charge is 2.50. The third kappa shape index (κ3) is 5.13. The predicted molar refractivity (Wildman–Crippen MR) is 143 cm³/mol. The van der Waals surface area contributed by atoms with E-state index >= 15 is 0 Å². The number of fused-ring (bicyclic) bond motifs is 1. The van der Waals surface area contributed by atoms with Gasteiger partial charge in [-0.15, -0.1) is 0 Å². The van der Waals surface area contributed by atoms with Crippen LogP contribution in [0.2, 0.25) is 0 Å². The molecule has 1 fully saturated rings. The van der Waals surface area contributed by atoms with E-state index in [-0.39, 0.29) is 24.3 Å². The molecule has 1 aliphatic carbocycles.